The van der Waals surface area contributed by atoms with Crippen LogP contribution in [0.3, 0.4) is 0 Å². The Morgan fingerprint density at radius 1 is 1.33 bits per heavy atom. The fourth-order valence-electron chi connectivity index (χ4n) is 1.53. The molecular weight excluding hydrogens is 290 g/mol. The van der Waals surface area contributed by atoms with Crippen LogP contribution in [0.4, 0.5) is 14.5 Å². The first kappa shape index (κ1) is 16.5. The Balaban J connectivity index is 3.03. The van der Waals surface area contributed by atoms with Gasteiger partial charge in [0.25, 0.3) is 11.6 Å². The number of nitro groups is 1. The van der Waals surface area contributed by atoms with Crippen molar-refractivity contribution in [3.63, 3.8) is 0 Å². The number of rotatable bonds is 5. The SMILES string of the molecule is COC(=O)CCN(C)C(=O)c1cc(F)c(F)cc1[N+](=O)[O-]. The molecule has 0 saturated carbocycles. The third-order valence-corrected chi connectivity index (χ3v) is 2.69. The van der Waals surface area contributed by atoms with Crippen molar-refractivity contribution in [3.05, 3.63) is 39.4 Å². The van der Waals surface area contributed by atoms with Gasteiger partial charge in [-0.05, 0) is 6.07 Å². The number of benzene rings is 1. The minimum atomic E-state index is -1.42. The van der Waals surface area contributed by atoms with Gasteiger partial charge in [0.2, 0.25) is 0 Å². The van der Waals surface area contributed by atoms with Crippen molar-refractivity contribution in [3.8, 4) is 0 Å². The van der Waals surface area contributed by atoms with E-state index in [4.69, 9.17) is 0 Å². The maximum absolute atomic E-state index is 13.2. The summed E-state index contributed by atoms with van der Waals surface area (Å²) in [6.07, 6.45) is -0.129. The van der Waals surface area contributed by atoms with Gasteiger partial charge in [-0.25, -0.2) is 8.78 Å². The third-order valence-electron chi connectivity index (χ3n) is 2.69. The number of carbonyl (C=O) groups excluding carboxylic acids is 2. The number of nitrogens with zero attached hydrogens (tertiary/aromatic N) is 2. The highest BCUT2D eigenvalue weighted by Gasteiger charge is 2.26. The first-order valence-corrected chi connectivity index (χ1v) is 5.73. The van der Waals surface area contributed by atoms with Crippen molar-refractivity contribution in [1.29, 1.82) is 0 Å². The van der Waals surface area contributed by atoms with Crippen molar-refractivity contribution in [2.45, 2.75) is 6.42 Å². The lowest BCUT2D eigenvalue weighted by atomic mass is 10.1. The van der Waals surface area contributed by atoms with E-state index in [0.717, 1.165) is 4.90 Å². The molecule has 0 aromatic heterocycles. The first-order valence-electron chi connectivity index (χ1n) is 5.73. The van der Waals surface area contributed by atoms with Crippen LogP contribution in [0.25, 0.3) is 0 Å². The van der Waals surface area contributed by atoms with Crippen molar-refractivity contribution in [2.75, 3.05) is 20.7 Å². The number of methoxy groups -OCH3 is 1. The molecule has 0 aliphatic rings. The predicted molar refractivity (Wildman–Crippen MR) is 66.6 cm³/mol. The number of carbonyl (C=O) groups is 2. The fourth-order valence-corrected chi connectivity index (χ4v) is 1.53. The molecule has 7 nitrogen and oxygen atoms in total. The van der Waals surface area contributed by atoms with E-state index in [9.17, 15) is 28.5 Å². The van der Waals surface area contributed by atoms with E-state index in [1.165, 1.54) is 14.2 Å². The molecule has 0 N–H and O–H groups in total. The van der Waals surface area contributed by atoms with Gasteiger partial charge in [0.05, 0.1) is 24.5 Å². The van der Waals surface area contributed by atoms with Gasteiger partial charge in [0.1, 0.15) is 5.56 Å². The minimum Gasteiger partial charge on any atom is -0.469 e. The number of hydrogen-bond acceptors (Lipinski definition) is 5. The summed E-state index contributed by atoms with van der Waals surface area (Å²) >= 11 is 0. The van der Waals surface area contributed by atoms with Gasteiger partial charge in [0, 0.05) is 13.6 Å². The number of nitro benzene ring substituents is 1. The zero-order valence-electron chi connectivity index (χ0n) is 11.3. The van der Waals surface area contributed by atoms with Gasteiger partial charge in [-0.3, -0.25) is 19.7 Å². The van der Waals surface area contributed by atoms with Crippen molar-refractivity contribution in [2.24, 2.45) is 0 Å². The molecule has 0 saturated heterocycles. The average molecular weight is 302 g/mol. The maximum atomic E-state index is 13.2. The molecule has 0 spiro atoms. The van der Waals surface area contributed by atoms with Crippen LogP contribution in [0.5, 0.6) is 0 Å². The van der Waals surface area contributed by atoms with Crippen molar-refractivity contribution >= 4 is 17.6 Å². The summed E-state index contributed by atoms with van der Waals surface area (Å²) < 4.78 is 30.6. The second-order valence-corrected chi connectivity index (χ2v) is 4.09. The van der Waals surface area contributed by atoms with E-state index >= 15 is 0 Å². The third kappa shape index (κ3) is 3.94. The Hall–Kier alpha value is -2.58. The van der Waals surface area contributed by atoms with Gasteiger partial charge in [-0.1, -0.05) is 0 Å². The van der Waals surface area contributed by atoms with E-state index in [-0.39, 0.29) is 13.0 Å². The summed E-state index contributed by atoms with van der Waals surface area (Å²) in [7, 11) is 2.45. The van der Waals surface area contributed by atoms with E-state index in [1.54, 1.807) is 0 Å². The molecule has 9 heteroatoms. The molecule has 0 aliphatic carbocycles. The van der Waals surface area contributed by atoms with Gasteiger partial charge >= 0.3 is 5.97 Å². The maximum Gasteiger partial charge on any atom is 0.307 e. The molecule has 21 heavy (non-hydrogen) atoms. The summed E-state index contributed by atoms with van der Waals surface area (Å²) in [5, 5.41) is 10.8. The molecule has 0 fully saturated rings. The average Bonchev–Trinajstić information content (AvgIpc) is 2.45. The van der Waals surface area contributed by atoms with Crippen molar-refractivity contribution < 1.29 is 28.0 Å². The van der Waals surface area contributed by atoms with E-state index in [1.807, 2.05) is 0 Å². The molecule has 1 aromatic carbocycles. The first-order chi connectivity index (χ1) is 9.77. The van der Waals surface area contributed by atoms with Crippen LogP contribution in [0.15, 0.2) is 12.1 Å². The molecule has 0 atom stereocenters. The molecular formula is C12H12F2N2O5. The number of halogens is 2. The molecule has 0 heterocycles. The molecule has 114 valence electrons. The quantitative estimate of drug-likeness (QED) is 0.467. The smallest absolute Gasteiger partial charge is 0.307 e. The van der Waals surface area contributed by atoms with Crippen LogP contribution in [-0.2, 0) is 9.53 Å². The highest BCUT2D eigenvalue weighted by atomic mass is 19.2. The predicted octanol–water partition coefficient (Wildman–Crippen LogP) is 1.51. The Bertz CT molecular complexity index is 591. The highest BCUT2D eigenvalue weighted by Crippen LogP contribution is 2.23. The zero-order chi connectivity index (χ0) is 16.2. The second-order valence-electron chi connectivity index (χ2n) is 4.09. The van der Waals surface area contributed by atoms with Crippen LogP contribution in [0.1, 0.15) is 16.8 Å². The largest absolute Gasteiger partial charge is 0.469 e. The number of hydrogen-bond donors (Lipinski definition) is 0. The van der Waals surface area contributed by atoms with Crippen LogP contribution in [0.2, 0.25) is 0 Å². The highest BCUT2D eigenvalue weighted by molar-refractivity contribution is 5.98. The molecule has 0 bridgehead atoms. The summed E-state index contributed by atoms with van der Waals surface area (Å²) in [6.45, 7) is -0.0817. The normalized spacial score (nSPS) is 10.1. The number of amides is 1. The van der Waals surface area contributed by atoms with E-state index in [0.29, 0.717) is 12.1 Å². The van der Waals surface area contributed by atoms with Gasteiger partial charge < -0.3 is 9.64 Å². The van der Waals surface area contributed by atoms with Crippen molar-refractivity contribution in [1.82, 2.24) is 4.90 Å². The lowest BCUT2D eigenvalue weighted by molar-refractivity contribution is -0.385. The van der Waals surface area contributed by atoms with Crippen LogP contribution >= 0.6 is 0 Å². The molecule has 1 rings (SSSR count). The molecule has 1 amide bonds. The van der Waals surface area contributed by atoms with Crippen LogP contribution in [-0.4, -0.2) is 42.4 Å². The number of esters is 1. The monoisotopic (exact) mass is 302 g/mol. The molecule has 0 aliphatic heterocycles. The van der Waals surface area contributed by atoms with E-state index in [2.05, 4.69) is 4.74 Å². The second kappa shape index (κ2) is 6.73. The summed E-state index contributed by atoms with van der Waals surface area (Å²) in [6, 6.07) is 0.807. The number of ether oxygens (including phenoxy) is 1. The Morgan fingerprint density at radius 3 is 2.43 bits per heavy atom. The Kier molecular flexibility index (Phi) is 5.28. The molecule has 0 radical (unpaired) electrons. The fraction of sp³-hybridized carbons (Fsp3) is 0.333. The standard InChI is InChI=1S/C12H12F2N2O5/c1-15(4-3-11(17)21-2)12(18)7-5-8(13)9(14)6-10(7)16(19)20/h5-6H,3-4H2,1-2H3. The summed E-state index contributed by atoms with van der Waals surface area (Å²) in [5.41, 5.74) is -1.44. The summed E-state index contributed by atoms with van der Waals surface area (Å²) in [5.74, 6) is -4.26. The Morgan fingerprint density at radius 2 is 1.90 bits per heavy atom. The molecule has 0 unspecified atom stereocenters. The zero-order valence-corrected chi connectivity index (χ0v) is 11.3. The lowest BCUT2D eigenvalue weighted by Crippen LogP contribution is -2.30. The topological polar surface area (TPSA) is 89.8 Å². The van der Waals surface area contributed by atoms with Gasteiger partial charge in [-0.2, -0.15) is 0 Å². The van der Waals surface area contributed by atoms with E-state index < -0.39 is 39.7 Å². The molecule has 1 aromatic rings. The minimum absolute atomic E-state index is 0.0817. The van der Waals surface area contributed by atoms with Crippen LogP contribution in [0, 0.1) is 21.7 Å². The van der Waals surface area contributed by atoms with Crippen LogP contribution < -0.4 is 0 Å². The lowest BCUT2D eigenvalue weighted by Gasteiger charge is -2.16. The van der Waals surface area contributed by atoms with Gasteiger partial charge in [0.15, 0.2) is 11.6 Å². The summed E-state index contributed by atoms with van der Waals surface area (Å²) in [4.78, 5) is 33.8. The Labute approximate surface area is 118 Å². The van der Waals surface area contributed by atoms with Gasteiger partial charge in [-0.15, -0.1) is 0 Å².